The second-order valence-corrected chi connectivity index (χ2v) is 2.79. The Labute approximate surface area is 68.4 Å². The van der Waals surface area contributed by atoms with Crippen molar-refractivity contribution in [2.75, 3.05) is 0 Å². The van der Waals surface area contributed by atoms with Crippen LogP contribution >= 0.6 is 0 Å². The Bertz CT molecular complexity index is 163. The number of Topliss-reactive ketones (excluding diaryl/α,β-unsaturated/α-hetero) is 1. The van der Waals surface area contributed by atoms with Gasteiger partial charge < -0.3 is 9.90 Å². The molecule has 0 amide bonds. The molecule has 72 valence electrons. The third-order valence-electron chi connectivity index (χ3n) is 1.51. The number of carbonyl (C=O) groups excluding carboxylic acids is 1. The minimum absolute atomic E-state index is 0.571. The van der Waals surface area contributed by atoms with E-state index in [1.54, 1.807) is 0 Å². The molecular formula is C7H11F3O2. The normalized spacial score (nSPS) is 17.2. The zero-order valence-corrected chi connectivity index (χ0v) is 6.85. The lowest BCUT2D eigenvalue weighted by Gasteiger charge is -2.21. The molecule has 2 unspecified atom stereocenters. The summed E-state index contributed by atoms with van der Waals surface area (Å²) in [6.45, 7) is 2.10. The SMILES string of the molecule is CC(=O)CC(C(C)O)C(F)(F)F. The predicted molar refractivity (Wildman–Crippen MR) is 36.5 cm³/mol. The van der Waals surface area contributed by atoms with Gasteiger partial charge in [0.1, 0.15) is 5.78 Å². The molecule has 0 saturated carbocycles. The van der Waals surface area contributed by atoms with Gasteiger partial charge >= 0.3 is 6.18 Å². The number of hydrogen-bond donors (Lipinski definition) is 1. The maximum atomic E-state index is 12.0. The lowest BCUT2D eigenvalue weighted by atomic mass is 9.97. The highest BCUT2D eigenvalue weighted by Gasteiger charge is 2.42. The lowest BCUT2D eigenvalue weighted by molar-refractivity contribution is -0.199. The largest absolute Gasteiger partial charge is 0.394 e. The van der Waals surface area contributed by atoms with E-state index in [0.29, 0.717) is 0 Å². The van der Waals surface area contributed by atoms with Crippen molar-refractivity contribution in [1.29, 1.82) is 0 Å². The molecule has 0 rings (SSSR count). The number of rotatable bonds is 3. The Hall–Kier alpha value is -0.580. The molecule has 0 aromatic rings. The molecule has 0 aliphatic carbocycles. The smallest absolute Gasteiger partial charge is 0.393 e. The Morgan fingerprint density at radius 3 is 2.00 bits per heavy atom. The highest BCUT2D eigenvalue weighted by Crippen LogP contribution is 2.31. The van der Waals surface area contributed by atoms with Crippen LogP contribution in [0.25, 0.3) is 0 Å². The van der Waals surface area contributed by atoms with E-state index in [2.05, 4.69) is 0 Å². The van der Waals surface area contributed by atoms with E-state index in [1.165, 1.54) is 0 Å². The second kappa shape index (κ2) is 3.89. The molecule has 0 fully saturated rings. The number of aliphatic hydroxyl groups is 1. The molecule has 0 saturated heterocycles. The van der Waals surface area contributed by atoms with Crippen LogP contribution in [0.4, 0.5) is 13.2 Å². The van der Waals surface area contributed by atoms with Crippen molar-refractivity contribution in [3.8, 4) is 0 Å². The van der Waals surface area contributed by atoms with E-state index >= 15 is 0 Å². The molecule has 0 bridgehead atoms. The van der Waals surface area contributed by atoms with E-state index in [-0.39, 0.29) is 0 Å². The maximum absolute atomic E-state index is 12.0. The fraction of sp³-hybridized carbons (Fsp3) is 0.857. The summed E-state index contributed by atoms with van der Waals surface area (Å²) in [5, 5.41) is 8.72. The summed E-state index contributed by atoms with van der Waals surface area (Å²) in [7, 11) is 0. The van der Waals surface area contributed by atoms with Crippen molar-refractivity contribution in [2.24, 2.45) is 5.92 Å². The molecule has 12 heavy (non-hydrogen) atoms. The van der Waals surface area contributed by atoms with Gasteiger partial charge in [-0.15, -0.1) is 0 Å². The average molecular weight is 184 g/mol. The summed E-state index contributed by atoms with van der Waals surface area (Å²) in [6.07, 6.45) is -6.69. The summed E-state index contributed by atoms with van der Waals surface area (Å²) >= 11 is 0. The van der Waals surface area contributed by atoms with Crippen molar-refractivity contribution < 1.29 is 23.1 Å². The fourth-order valence-electron chi connectivity index (χ4n) is 0.869. The van der Waals surface area contributed by atoms with E-state index < -0.39 is 30.4 Å². The third-order valence-corrected chi connectivity index (χ3v) is 1.51. The van der Waals surface area contributed by atoms with Crippen molar-refractivity contribution in [2.45, 2.75) is 32.5 Å². The molecule has 0 spiro atoms. The van der Waals surface area contributed by atoms with Crippen LogP contribution in [-0.2, 0) is 4.79 Å². The average Bonchev–Trinajstić information content (AvgIpc) is 1.79. The first kappa shape index (κ1) is 11.4. The molecule has 0 aliphatic rings. The second-order valence-electron chi connectivity index (χ2n) is 2.79. The molecule has 1 N–H and O–H groups in total. The summed E-state index contributed by atoms with van der Waals surface area (Å²) in [5.41, 5.74) is 0. The fourth-order valence-corrected chi connectivity index (χ4v) is 0.869. The van der Waals surface area contributed by atoms with Gasteiger partial charge in [-0.05, 0) is 13.8 Å². The highest BCUT2D eigenvalue weighted by atomic mass is 19.4. The van der Waals surface area contributed by atoms with Crippen LogP contribution in [0.15, 0.2) is 0 Å². The van der Waals surface area contributed by atoms with Gasteiger partial charge in [0.15, 0.2) is 0 Å². The molecule has 0 radical (unpaired) electrons. The molecule has 2 nitrogen and oxygen atoms in total. The van der Waals surface area contributed by atoms with E-state index in [4.69, 9.17) is 5.11 Å². The molecule has 2 atom stereocenters. The standard InChI is InChI=1S/C7H11F3O2/c1-4(11)3-6(5(2)12)7(8,9)10/h5-6,12H,3H2,1-2H3. The number of ketones is 1. The highest BCUT2D eigenvalue weighted by molar-refractivity contribution is 5.75. The molecule has 0 aromatic carbocycles. The van der Waals surface area contributed by atoms with Crippen LogP contribution < -0.4 is 0 Å². The monoisotopic (exact) mass is 184 g/mol. The van der Waals surface area contributed by atoms with Crippen molar-refractivity contribution >= 4 is 5.78 Å². The molecule has 0 aromatic heterocycles. The van der Waals surface area contributed by atoms with Gasteiger partial charge in [0.05, 0.1) is 12.0 Å². The van der Waals surface area contributed by atoms with Gasteiger partial charge in [-0.2, -0.15) is 13.2 Å². The number of carbonyl (C=O) groups is 1. The Morgan fingerprint density at radius 2 is 1.92 bits per heavy atom. The first-order valence-corrected chi connectivity index (χ1v) is 3.49. The zero-order chi connectivity index (χ0) is 9.94. The van der Waals surface area contributed by atoms with Crippen LogP contribution in [0, 0.1) is 5.92 Å². The molecule has 0 aliphatic heterocycles. The molecular weight excluding hydrogens is 173 g/mol. The van der Waals surface area contributed by atoms with E-state index in [9.17, 15) is 18.0 Å². The van der Waals surface area contributed by atoms with E-state index in [1.807, 2.05) is 0 Å². The third kappa shape index (κ3) is 3.71. The van der Waals surface area contributed by atoms with Crippen molar-refractivity contribution in [1.82, 2.24) is 0 Å². The lowest BCUT2D eigenvalue weighted by Crippen LogP contribution is -2.33. The van der Waals surface area contributed by atoms with Gasteiger partial charge in [-0.1, -0.05) is 0 Å². The summed E-state index contributed by atoms with van der Waals surface area (Å²) in [4.78, 5) is 10.4. The van der Waals surface area contributed by atoms with Gasteiger partial charge in [0.2, 0.25) is 0 Å². The van der Waals surface area contributed by atoms with Crippen LogP contribution in [0.2, 0.25) is 0 Å². The first-order valence-electron chi connectivity index (χ1n) is 3.49. The molecule has 5 heteroatoms. The predicted octanol–water partition coefficient (Wildman–Crippen LogP) is 1.52. The number of halogens is 3. The summed E-state index contributed by atoms with van der Waals surface area (Å²) < 4.78 is 36.1. The van der Waals surface area contributed by atoms with Gasteiger partial charge in [-0.25, -0.2) is 0 Å². The summed E-state index contributed by atoms with van der Waals surface area (Å²) in [6, 6.07) is 0. The van der Waals surface area contributed by atoms with Gasteiger partial charge in [0, 0.05) is 6.42 Å². The Morgan fingerprint density at radius 1 is 1.50 bits per heavy atom. The van der Waals surface area contributed by atoms with Crippen LogP contribution in [0.5, 0.6) is 0 Å². The quantitative estimate of drug-likeness (QED) is 0.722. The van der Waals surface area contributed by atoms with Gasteiger partial charge in [-0.3, -0.25) is 0 Å². The van der Waals surface area contributed by atoms with Gasteiger partial charge in [0.25, 0.3) is 0 Å². The number of alkyl halides is 3. The Kier molecular flexibility index (Phi) is 3.70. The van der Waals surface area contributed by atoms with Crippen LogP contribution in [0.3, 0.4) is 0 Å². The maximum Gasteiger partial charge on any atom is 0.394 e. The van der Waals surface area contributed by atoms with Crippen LogP contribution in [0.1, 0.15) is 20.3 Å². The number of hydrogen-bond acceptors (Lipinski definition) is 2. The van der Waals surface area contributed by atoms with Crippen LogP contribution in [-0.4, -0.2) is 23.2 Å². The zero-order valence-electron chi connectivity index (χ0n) is 6.85. The van der Waals surface area contributed by atoms with E-state index in [0.717, 1.165) is 13.8 Å². The van der Waals surface area contributed by atoms with Crippen molar-refractivity contribution in [3.05, 3.63) is 0 Å². The Balaban J connectivity index is 4.35. The first-order chi connectivity index (χ1) is 5.25. The number of aliphatic hydroxyl groups excluding tert-OH is 1. The minimum Gasteiger partial charge on any atom is -0.393 e. The minimum atomic E-state index is -4.50. The van der Waals surface area contributed by atoms with Crippen molar-refractivity contribution in [3.63, 3.8) is 0 Å². The summed E-state index contributed by atoms with van der Waals surface area (Å²) in [5.74, 6) is -2.51. The topological polar surface area (TPSA) is 37.3 Å². The molecule has 0 heterocycles.